The summed E-state index contributed by atoms with van der Waals surface area (Å²) in [5.41, 5.74) is -0.342. The molecule has 0 aliphatic rings. The van der Waals surface area contributed by atoms with Crippen LogP contribution in [0.15, 0.2) is 34.8 Å². The number of aromatic hydroxyl groups is 1. The minimum absolute atomic E-state index is 0.0394. The zero-order chi connectivity index (χ0) is 18.6. The number of aromatic nitrogens is 1. The molecule has 1 aromatic carbocycles. The van der Waals surface area contributed by atoms with E-state index in [0.717, 1.165) is 6.42 Å². The van der Waals surface area contributed by atoms with Crippen molar-refractivity contribution in [2.45, 2.75) is 46.6 Å². The Morgan fingerprint density at radius 3 is 2.68 bits per heavy atom. The summed E-state index contributed by atoms with van der Waals surface area (Å²) in [5, 5.41) is 21.9. The molecule has 25 heavy (non-hydrogen) atoms. The van der Waals surface area contributed by atoms with Gasteiger partial charge >= 0.3 is 0 Å². The Kier molecular flexibility index (Phi) is 5.80. The molecule has 2 rings (SSSR count). The first-order chi connectivity index (χ1) is 11.9. The molecule has 7 nitrogen and oxygen atoms in total. The summed E-state index contributed by atoms with van der Waals surface area (Å²) >= 11 is 0. The number of hydrogen-bond acceptors (Lipinski definition) is 5. The Balaban J connectivity index is 2.80. The number of rotatable bonds is 7. The van der Waals surface area contributed by atoms with Crippen LogP contribution in [0.5, 0.6) is 11.5 Å². The maximum atomic E-state index is 12.6. The second-order valence-electron chi connectivity index (χ2n) is 5.66. The van der Waals surface area contributed by atoms with Crippen molar-refractivity contribution in [3.8, 4) is 11.5 Å². The zero-order valence-electron chi connectivity index (χ0n) is 14.6. The van der Waals surface area contributed by atoms with Crippen LogP contribution in [0.25, 0.3) is 10.9 Å². The number of hydrogen-bond donors (Lipinski definition) is 1. The van der Waals surface area contributed by atoms with Gasteiger partial charge in [0.25, 0.3) is 11.2 Å². The van der Waals surface area contributed by atoms with Crippen molar-refractivity contribution in [1.82, 2.24) is 4.57 Å². The van der Waals surface area contributed by atoms with E-state index in [2.05, 4.69) is 0 Å². The smallest absolute Gasteiger partial charge is 0.297 e. The minimum atomic E-state index is -0.608. The molecular formula is C18H22N2O5. The van der Waals surface area contributed by atoms with Crippen LogP contribution >= 0.6 is 0 Å². The first kappa shape index (κ1) is 18.5. The maximum Gasteiger partial charge on any atom is 0.297 e. The van der Waals surface area contributed by atoms with E-state index in [0.29, 0.717) is 36.0 Å². The average molecular weight is 346 g/mol. The molecule has 7 heteroatoms. The second-order valence-corrected chi connectivity index (χ2v) is 5.66. The molecule has 134 valence electrons. The van der Waals surface area contributed by atoms with Gasteiger partial charge < -0.3 is 14.4 Å². The molecule has 1 N–H and O–H groups in total. The van der Waals surface area contributed by atoms with Crippen molar-refractivity contribution in [2.75, 3.05) is 0 Å². The van der Waals surface area contributed by atoms with Gasteiger partial charge in [-0.25, -0.2) is 0 Å². The highest BCUT2D eigenvalue weighted by molar-refractivity contribution is 5.89. The quantitative estimate of drug-likeness (QED) is 0.462. The van der Waals surface area contributed by atoms with Gasteiger partial charge in [0.2, 0.25) is 5.75 Å². The van der Waals surface area contributed by atoms with Gasteiger partial charge in [0, 0.05) is 30.5 Å². The molecule has 0 saturated carbocycles. The summed E-state index contributed by atoms with van der Waals surface area (Å²) < 4.78 is 7.10. The predicted molar refractivity (Wildman–Crippen MR) is 96.1 cm³/mol. The van der Waals surface area contributed by atoms with Gasteiger partial charge in [-0.1, -0.05) is 20.3 Å². The molecular weight excluding hydrogens is 324 g/mol. The number of non-ortho nitro benzene ring substituents is 1. The van der Waals surface area contributed by atoms with Gasteiger partial charge in [-0.05, 0) is 25.5 Å². The number of nitro benzene ring substituents is 1. The molecule has 0 bridgehead atoms. The van der Waals surface area contributed by atoms with Crippen LogP contribution < -0.4 is 10.3 Å². The van der Waals surface area contributed by atoms with Crippen LogP contribution in [0.1, 0.15) is 40.0 Å². The Labute approximate surface area is 145 Å². The highest BCUT2D eigenvalue weighted by Gasteiger charge is 2.20. The molecule has 0 atom stereocenters. The molecule has 0 amide bonds. The summed E-state index contributed by atoms with van der Waals surface area (Å²) in [6.45, 7) is 6.03. The van der Waals surface area contributed by atoms with E-state index in [1.54, 1.807) is 13.0 Å². The molecule has 0 fully saturated rings. The second kappa shape index (κ2) is 7.83. The number of fused-ring (bicyclic) bond motifs is 1. The van der Waals surface area contributed by atoms with Crippen LogP contribution in [-0.4, -0.2) is 14.6 Å². The van der Waals surface area contributed by atoms with Crippen LogP contribution in [0.2, 0.25) is 0 Å². The molecule has 0 unspecified atom stereocenters. The number of nitro groups is 1. The molecule has 1 aromatic heterocycles. The number of benzene rings is 1. The van der Waals surface area contributed by atoms with Gasteiger partial charge in [-0.3, -0.25) is 14.9 Å². The lowest BCUT2D eigenvalue weighted by atomic mass is 10.1. The topological polar surface area (TPSA) is 94.6 Å². The third kappa shape index (κ3) is 3.65. The number of nitrogens with zero attached hydrogens (tertiary/aromatic N) is 2. The van der Waals surface area contributed by atoms with Crippen LogP contribution in [0.3, 0.4) is 0 Å². The fourth-order valence-electron chi connectivity index (χ4n) is 2.62. The molecule has 0 saturated heterocycles. The number of unbranched alkanes of at least 4 members (excludes halogenated alkanes) is 1. The number of allylic oxidation sites excluding steroid dienone is 2. The highest BCUT2D eigenvalue weighted by atomic mass is 16.6. The monoisotopic (exact) mass is 346 g/mol. The van der Waals surface area contributed by atoms with E-state index in [4.69, 9.17) is 4.74 Å². The maximum absolute atomic E-state index is 12.6. The number of pyridine rings is 1. The largest absolute Gasteiger partial charge is 0.500 e. The van der Waals surface area contributed by atoms with E-state index in [-0.39, 0.29) is 11.4 Å². The molecule has 0 radical (unpaired) electrons. The van der Waals surface area contributed by atoms with Crippen molar-refractivity contribution >= 4 is 16.6 Å². The van der Waals surface area contributed by atoms with Gasteiger partial charge in [0.1, 0.15) is 0 Å². The number of ether oxygens (including phenoxy) is 1. The molecule has 0 spiro atoms. The van der Waals surface area contributed by atoms with E-state index < -0.39 is 16.2 Å². The Morgan fingerprint density at radius 1 is 1.40 bits per heavy atom. The summed E-state index contributed by atoms with van der Waals surface area (Å²) in [5.74, 6) is 0.156. The van der Waals surface area contributed by atoms with Crippen molar-refractivity contribution in [3.05, 3.63) is 50.5 Å². The predicted octanol–water partition coefficient (Wildman–Crippen LogP) is 4.11. The first-order valence-electron chi connectivity index (χ1n) is 8.31. The zero-order valence-corrected chi connectivity index (χ0v) is 14.6. The third-order valence-electron chi connectivity index (χ3n) is 4.03. The number of aryl methyl sites for hydroxylation is 1. The van der Waals surface area contributed by atoms with Crippen molar-refractivity contribution in [1.29, 1.82) is 0 Å². The van der Waals surface area contributed by atoms with Gasteiger partial charge in [0.05, 0.1) is 16.2 Å². The fourth-order valence-corrected chi connectivity index (χ4v) is 2.62. The van der Waals surface area contributed by atoms with E-state index in [1.165, 1.54) is 22.8 Å². The normalized spacial score (nSPS) is 11.7. The van der Waals surface area contributed by atoms with E-state index in [1.807, 2.05) is 13.8 Å². The summed E-state index contributed by atoms with van der Waals surface area (Å²) in [7, 11) is 0. The first-order valence-corrected chi connectivity index (χ1v) is 8.31. The lowest BCUT2D eigenvalue weighted by Gasteiger charge is -2.16. The van der Waals surface area contributed by atoms with Gasteiger partial charge in [0.15, 0.2) is 5.75 Å². The molecule has 0 aliphatic heterocycles. The summed E-state index contributed by atoms with van der Waals surface area (Å²) in [6, 6.07) is 4.19. The van der Waals surface area contributed by atoms with Gasteiger partial charge in [-0.2, -0.15) is 0 Å². The Morgan fingerprint density at radius 2 is 2.12 bits per heavy atom. The lowest BCUT2D eigenvalue weighted by Crippen LogP contribution is -2.21. The third-order valence-corrected chi connectivity index (χ3v) is 4.03. The minimum Gasteiger partial charge on any atom is -0.500 e. The Bertz CT molecular complexity index is 883. The highest BCUT2D eigenvalue weighted by Crippen LogP contribution is 2.35. The lowest BCUT2D eigenvalue weighted by molar-refractivity contribution is -0.384. The molecule has 1 heterocycles. The van der Waals surface area contributed by atoms with E-state index in [9.17, 15) is 20.0 Å². The van der Waals surface area contributed by atoms with Crippen molar-refractivity contribution in [3.63, 3.8) is 0 Å². The van der Waals surface area contributed by atoms with Crippen molar-refractivity contribution < 1.29 is 14.8 Å². The fraction of sp³-hybridized carbons (Fsp3) is 0.389. The standard InChI is InChI=1S/C18H22N2O5/c1-4-7-10-19-15-11-12(20(23)24)8-9-14(15)17(16(21)18(19)22)25-13(5-2)6-3/h5,8-9,11,21H,4,6-7,10H2,1-3H3. The van der Waals surface area contributed by atoms with Crippen LogP contribution in [-0.2, 0) is 6.54 Å². The van der Waals surface area contributed by atoms with Crippen molar-refractivity contribution in [2.24, 2.45) is 0 Å². The summed E-state index contributed by atoms with van der Waals surface area (Å²) in [6.07, 6.45) is 3.90. The Hall–Kier alpha value is -2.83. The average Bonchev–Trinajstić information content (AvgIpc) is 2.61. The van der Waals surface area contributed by atoms with Crippen LogP contribution in [0.4, 0.5) is 5.69 Å². The molecule has 2 aromatic rings. The van der Waals surface area contributed by atoms with Gasteiger partial charge in [-0.15, -0.1) is 0 Å². The molecule has 0 aliphatic carbocycles. The van der Waals surface area contributed by atoms with E-state index >= 15 is 0 Å². The summed E-state index contributed by atoms with van der Waals surface area (Å²) in [4.78, 5) is 23.2. The van der Waals surface area contributed by atoms with Crippen LogP contribution in [0, 0.1) is 10.1 Å². The SMILES string of the molecule is CC=C(CC)Oc1c(O)c(=O)n(CCCC)c2cc([N+](=O)[O-])ccc12.